The molecule has 0 bridgehead atoms. The molecule has 1 rings (SSSR count). The van der Waals surface area contributed by atoms with Gasteiger partial charge in [-0.15, -0.1) is 0 Å². The molecule has 1 heteroatoms. The van der Waals surface area contributed by atoms with Crippen molar-refractivity contribution < 1.29 is 4.74 Å². The van der Waals surface area contributed by atoms with Crippen LogP contribution in [0.2, 0.25) is 0 Å². The van der Waals surface area contributed by atoms with Gasteiger partial charge in [0, 0.05) is 6.61 Å². The predicted octanol–water partition coefficient (Wildman–Crippen LogP) is 2.60. The Morgan fingerprint density at radius 1 is 1.50 bits per heavy atom. The Morgan fingerprint density at radius 2 is 2.20 bits per heavy atom. The highest BCUT2D eigenvalue weighted by Crippen LogP contribution is 2.30. The van der Waals surface area contributed by atoms with Crippen LogP contribution in [0.15, 0.2) is 0 Å². The fourth-order valence-electron chi connectivity index (χ4n) is 1.86. The van der Waals surface area contributed by atoms with Crippen LogP contribution in [0.1, 0.15) is 40.0 Å². The number of hydrogen-bond acceptors (Lipinski definition) is 1. The van der Waals surface area contributed by atoms with E-state index >= 15 is 0 Å². The summed E-state index contributed by atoms with van der Waals surface area (Å²) in [5.74, 6) is 0.767. The van der Waals surface area contributed by atoms with Gasteiger partial charge in [-0.2, -0.15) is 0 Å². The molecule has 10 heavy (non-hydrogen) atoms. The molecule has 1 aliphatic rings. The van der Waals surface area contributed by atoms with Crippen LogP contribution in [0.4, 0.5) is 0 Å². The minimum absolute atomic E-state index is 0.216. The van der Waals surface area contributed by atoms with Crippen molar-refractivity contribution in [2.24, 2.45) is 5.92 Å². The SMILES string of the molecule is CC(C)CC1(C)CCCO1. The third kappa shape index (κ3) is 1.98. The van der Waals surface area contributed by atoms with Gasteiger partial charge in [-0.25, -0.2) is 0 Å². The van der Waals surface area contributed by atoms with E-state index in [2.05, 4.69) is 20.8 Å². The second-order valence-electron chi connectivity index (χ2n) is 4.00. The maximum atomic E-state index is 5.65. The van der Waals surface area contributed by atoms with Crippen LogP contribution < -0.4 is 0 Å². The first kappa shape index (κ1) is 8.06. The first-order chi connectivity index (χ1) is 4.62. The highest BCUT2D eigenvalue weighted by Gasteiger charge is 2.29. The zero-order chi connectivity index (χ0) is 7.61. The molecule has 0 aliphatic carbocycles. The third-order valence-corrected chi connectivity index (χ3v) is 2.14. The van der Waals surface area contributed by atoms with Gasteiger partial charge >= 0.3 is 0 Å². The lowest BCUT2D eigenvalue weighted by atomic mass is 9.92. The van der Waals surface area contributed by atoms with Crippen LogP contribution in [-0.4, -0.2) is 12.2 Å². The van der Waals surface area contributed by atoms with Crippen molar-refractivity contribution in [2.75, 3.05) is 6.61 Å². The number of ether oxygens (including phenoxy) is 1. The molecule has 1 atom stereocenters. The van der Waals surface area contributed by atoms with Crippen molar-refractivity contribution in [1.29, 1.82) is 0 Å². The largest absolute Gasteiger partial charge is 0.375 e. The molecule has 1 saturated heterocycles. The van der Waals surface area contributed by atoms with Gasteiger partial charge in [0.05, 0.1) is 5.60 Å². The van der Waals surface area contributed by atoms with E-state index in [0.29, 0.717) is 0 Å². The van der Waals surface area contributed by atoms with E-state index in [9.17, 15) is 0 Å². The molecule has 1 fully saturated rings. The summed E-state index contributed by atoms with van der Waals surface area (Å²) >= 11 is 0. The summed E-state index contributed by atoms with van der Waals surface area (Å²) in [7, 11) is 0. The lowest BCUT2D eigenvalue weighted by Gasteiger charge is -2.24. The summed E-state index contributed by atoms with van der Waals surface area (Å²) in [6.07, 6.45) is 3.72. The highest BCUT2D eigenvalue weighted by atomic mass is 16.5. The van der Waals surface area contributed by atoms with Gasteiger partial charge in [0.1, 0.15) is 0 Å². The zero-order valence-electron chi connectivity index (χ0n) is 7.31. The molecule has 60 valence electrons. The van der Waals surface area contributed by atoms with Crippen LogP contribution in [0, 0.1) is 5.92 Å². The van der Waals surface area contributed by atoms with Crippen LogP contribution in [0.25, 0.3) is 0 Å². The Labute approximate surface area is 63.8 Å². The molecule has 1 nitrogen and oxygen atoms in total. The van der Waals surface area contributed by atoms with E-state index in [1.165, 1.54) is 19.3 Å². The van der Waals surface area contributed by atoms with Crippen LogP contribution in [-0.2, 0) is 4.74 Å². The topological polar surface area (TPSA) is 9.23 Å². The maximum absolute atomic E-state index is 5.65. The molecular formula is C9H18O. The summed E-state index contributed by atoms with van der Waals surface area (Å²) < 4.78 is 5.65. The number of hydrogen-bond donors (Lipinski definition) is 0. The van der Waals surface area contributed by atoms with Crippen molar-refractivity contribution in [3.8, 4) is 0 Å². The van der Waals surface area contributed by atoms with Gasteiger partial charge in [0.25, 0.3) is 0 Å². The normalized spacial score (nSPS) is 33.6. The molecule has 1 heterocycles. The van der Waals surface area contributed by atoms with Crippen LogP contribution in [0.5, 0.6) is 0 Å². The van der Waals surface area contributed by atoms with Gasteiger partial charge in [0.2, 0.25) is 0 Å². The van der Waals surface area contributed by atoms with E-state index in [4.69, 9.17) is 4.74 Å². The van der Waals surface area contributed by atoms with Crippen LogP contribution >= 0.6 is 0 Å². The molecule has 0 amide bonds. The molecular weight excluding hydrogens is 124 g/mol. The highest BCUT2D eigenvalue weighted by molar-refractivity contribution is 4.80. The van der Waals surface area contributed by atoms with Gasteiger partial charge in [-0.05, 0) is 32.1 Å². The molecule has 0 aromatic heterocycles. The molecule has 0 saturated carbocycles. The maximum Gasteiger partial charge on any atom is 0.0657 e. The first-order valence-corrected chi connectivity index (χ1v) is 4.26. The summed E-state index contributed by atoms with van der Waals surface area (Å²) in [5.41, 5.74) is 0.216. The van der Waals surface area contributed by atoms with Gasteiger partial charge in [-0.3, -0.25) is 0 Å². The first-order valence-electron chi connectivity index (χ1n) is 4.26. The fourth-order valence-corrected chi connectivity index (χ4v) is 1.86. The Bertz CT molecular complexity index is 101. The van der Waals surface area contributed by atoms with Crippen molar-refractivity contribution in [3.63, 3.8) is 0 Å². The molecule has 0 N–H and O–H groups in total. The van der Waals surface area contributed by atoms with Crippen LogP contribution in [0.3, 0.4) is 0 Å². The summed E-state index contributed by atoms with van der Waals surface area (Å²) in [6.45, 7) is 7.73. The lowest BCUT2D eigenvalue weighted by Crippen LogP contribution is -2.24. The summed E-state index contributed by atoms with van der Waals surface area (Å²) in [4.78, 5) is 0. The average molecular weight is 142 g/mol. The monoisotopic (exact) mass is 142 g/mol. The Balaban J connectivity index is 2.36. The van der Waals surface area contributed by atoms with Crippen molar-refractivity contribution in [1.82, 2.24) is 0 Å². The van der Waals surface area contributed by atoms with Crippen molar-refractivity contribution in [3.05, 3.63) is 0 Å². The molecule has 0 radical (unpaired) electrons. The minimum Gasteiger partial charge on any atom is -0.375 e. The Morgan fingerprint density at radius 3 is 2.60 bits per heavy atom. The molecule has 1 unspecified atom stereocenters. The molecule has 0 aromatic rings. The van der Waals surface area contributed by atoms with Gasteiger partial charge < -0.3 is 4.74 Å². The van der Waals surface area contributed by atoms with E-state index in [-0.39, 0.29) is 5.60 Å². The second-order valence-corrected chi connectivity index (χ2v) is 4.00. The van der Waals surface area contributed by atoms with Crippen molar-refractivity contribution in [2.45, 2.75) is 45.6 Å². The van der Waals surface area contributed by atoms with E-state index in [0.717, 1.165) is 12.5 Å². The van der Waals surface area contributed by atoms with Gasteiger partial charge in [-0.1, -0.05) is 13.8 Å². The molecule has 0 aromatic carbocycles. The summed E-state index contributed by atoms with van der Waals surface area (Å²) in [5, 5.41) is 0. The number of rotatable bonds is 2. The molecule has 1 aliphatic heterocycles. The quantitative estimate of drug-likeness (QED) is 0.576. The van der Waals surface area contributed by atoms with E-state index in [1.807, 2.05) is 0 Å². The smallest absolute Gasteiger partial charge is 0.0657 e. The summed E-state index contributed by atoms with van der Waals surface area (Å²) in [6, 6.07) is 0. The van der Waals surface area contributed by atoms with Crippen molar-refractivity contribution >= 4 is 0 Å². The second kappa shape index (κ2) is 2.91. The molecule has 0 spiro atoms. The zero-order valence-corrected chi connectivity index (χ0v) is 7.31. The predicted molar refractivity (Wildman–Crippen MR) is 43.0 cm³/mol. The lowest BCUT2D eigenvalue weighted by molar-refractivity contribution is 0.00386. The Hall–Kier alpha value is -0.0400. The fraction of sp³-hybridized carbons (Fsp3) is 1.00. The standard InChI is InChI=1S/C9H18O/c1-8(2)7-9(3)5-4-6-10-9/h8H,4-7H2,1-3H3. The van der Waals surface area contributed by atoms with E-state index < -0.39 is 0 Å². The van der Waals surface area contributed by atoms with E-state index in [1.54, 1.807) is 0 Å². The minimum atomic E-state index is 0.216. The third-order valence-electron chi connectivity index (χ3n) is 2.14. The van der Waals surface area contributed by atoms with Gasteiger partial charge in [0.15, 0.2) is 0 Å². The Kier molecular flexibility index (Phi) is 2.35. The average Bonchev–Trinajstić information content (AvgIpc) is 2.12.